The fraction of sp³-hybridized carbons (Fsp3) is 0.308. The van der Waals surface area contributed by atoms with Crippen LogP contribution in [0.3, 0.4) is 0 Å². The molecule has 0 amide bonds. The fourth-order valence-corrected chi connectivity index (χ4v) is 1.72. The number of hydrogen-bond acceptors (Lipinski definition) is 3. The first-order chi connectivity index (χ1) is 7.57. The van der Waals surface area contributed by atoms with E-state index in [1.165, 1.54) is 7.11 Å². The fourth-order valence-electron chi connectivity index (χ4n) is 1.72. The average molecular weight is 218 g/mol. The van der Waals surface area contributed by atoms with Crippen LogP contribution in [0.2, 0.25) is 0 Å². The third-order valence-electron chi connectivity index (χ3n) is 2.53. The second-order valence-electron chi connectivity index (χ2n) is 4.26. The van der Waals surface area contributed by atoms with Crippen LogP contribution in [0.4, 0.5) is 0 Å². The number of benzene rings is 1. The Bertz CT molecular complexity index is 458. The molecule has 1 aromatic rings. The molecule has 0 unspecified atom stereocenters. The van der Waals surface area contributed by atoms with E-state index in [0.717, 1.165) is 11.8 Å². The number of rotatable bonds is 2. The molecule has 0 radical (unpaired) electrons. The lowest BCUT2D eigenvalue weighted by atomic mass is 10.0. The summed E-state index contributed by atoms with van der Waals surface area (Å²) in [7, 11) is 1.54. The number of carbonyl (C=O) groups excluding carboxylic acids is 1. The summed E-state index contributed by atoms with van der Waals surface area (Å²) in [6.07, 6.45) is 4.74. The summed E-state index contributed by atoms with van der Waals surface area (Å²) >= 11 is 0. The van der Waals surface area contributed by atoms with E-state index in [2.05, 4.69) is 0 Å². The van der Waals surface area contributed by atoms with E-state index < -0.39 is 0 Å². The Morgan fingerprint density at radius 3 is 2.75 bits per heavy atom. The largest absolute Gasteiger partial charge is 0.492 e. The van der Waals surface area contributed by atoms with Gasteiger partial charge in [-0.25, -0.2) is 0 Å². The maximum Gasteiger partial charge on any atom is 0.171 e. The van der Waals surface area contributed by atoms with Crippen molar-refractivity contribution < 1.29 is 14.3 Å². The van der Waals surface area contributed by atoms with Crippen LogP contribution in [0.15, 0.2) is 18.2 Å². The SMILES string of the molecule is COc1c(C=O)ccc2c1OC(C)(C)C=C2. The van der Waals surface area contributed by atoms with Gasteiger partial charge in [-0.3, -0.25) is 4.79 Å². The van der Waals surface area contributed by atoms with Crippen LogP contribution < -0.4 is 9.47 Å². The maximum atomic E-state index is 10.9. The number of methoxy groups -OCH3 is 1. The Hall–Kier alpha value is -1.77. The lowest BCUT2D eigenvalue weighted by molar-refractivity contribution is 0.111. The van der Waals surface area contributed by atoms with Crippen molar-refractivity contribution in [1.29, 1.82) is 0 Å². The third-order valence-corrected chi connectivity index (χ3v) is 2.53. The van der Waals surface area contributed by atoms with Crippen molar-refractivity contribution in [2.75, 3.05) is 7.11 Å². The van der Waals surface area contributed by atoms with Gasteiger partial charge in [0.15, 0.2) is 17.8 Å². The van der Waals surface area contributed by atoms with Crippen LogP contribution in [0, 0.1) is 0 Å². The van der Waals surface area contributed by atoms with E-state index in [9.17, 15) is 4.79 Å². The van der Waals surface area contributed by atoms with Gasteiger partial charge in [0.25, 0.3) is 0 Å². The molecule has 3 nitrogen and oxygen atoms in total. The highest BCUT2D eigenvalue weighted by atomic mass is 16.5. The molecule has 84 valence electrons. The Morgan fingerprint density at radius 1 is 1.38 bits per heavy atom. The molecule has 0 aliphatic carbocycles. The molecule has 1 aromatic carbocycles. The average Bonchev–Trinajstić information content (AvgIpc) is 2.26. The Morgan fingerprint density at radius 2 is 2.12 bits per heavy atom. The van der Waals surface area contributed by atoms with Crippen LogP contribution in [-0.4, -0.2) is 19.0 Å². The van der Waals surface area contributed by atoms with Gasteiger partial charge in [-0.05, 0) is 26.0 Å². The van der Waals surface area contributed by atoms with E-state index in [4.69, 9.17) is 9.47 Å². The number of carbonyl (C=O) groups is 1. The Kier molecular flexibility index (Phi) is 2.46. The quantitative estimate of drug-likeness (QED) is 0.716. The van der Waals surface area contributed by atoms with Crippen LogP contribution in [0.5, 0.6) is 11.5 Å². The predicted molar refractivity (Wildman–Crippen MR) is 62.1 cm³/mol. The van der Waals surface area contributed by atoms with Gasteiger partial charge >= 0.3 is 0 Å². The number of hydrogen-bond donors (Lipinski definition) is 0. The molecule has 1 aliphatic heterocycles. The topological polar surface area (TPSA) is 35.5 Å². The monoisotopic (exact) mass is 218 g/mol. The molecule has 3 heteroatoms. The maximum absolute atomic E-state index is 10.9. The number of fused-ring (bicyclic) bond motifs is 1. The normalized spacial score (nSPS) is 16.2. The van der Waals surface area contributed by atoms with Crippen molar-refractivity contribution in [3.05, 3.63) is 29.3 Å². The molecule has 0 N–H and O–H groups in total. The van der Waals surface area contributed by atoms with Gasteiger partial charge in [0.05, 0.1) is 12.7 Å². The smallest absolute Gasteiger partial charge is 0.171 e. The van der Waals surface area contributed by atoms with Crippen molar-refractivity contribution in [3.8, 4) is 11.5 Å². The van der Waals surface area contributed by atoms with Crippen LogP contribution >= 0.6 is 0 Å². The molecule has 16 heavy (non-hydrogen) atoms. The van der Waals surface area contributed by atoms with Gasteiger partial charge in [-0.2, -0.15) is 0 Å². The minimum atomic E-state index is -0.373. The summed E-state index contributed by atoms with van der Waals surface area (Å²) in [5, 5.41) is 0. The lowest BCUT2D eigenvalue weighted by Crippen LogP contribution is -2.27. The zero-order valence-electron chi connectivity index (χ0n) is 9.61. The molecule has 1 aliphatic rings. The van der Waals surface area contributed by atoms with Crippen LogP contribution in [0.25, 0.3) is 6.08 Å². The molecule has 0 aromatic heterocycles. The van der Waals surface area contributed by atoms with Crippen molar-refractivity contribution in [2.24, 2.45) is 0 Å². The van der Waals surface area contributed by atoms with E-state index in [0.29, 0.717) is 17.1 Å². The Balaban J connectivity index is 2.61. The molecule has 0 atom stereocenters. The summed E-state index contributed by atoms with van der Waals surface area (Å²) in [4.78, 5) is 10.9. The predicted octanol–water partition coefficient (Wildman–Crippen LogP) is 2.69. The van der Waals surface area contributed by atoms with Gasteiger partial charge in [0.2, 0.25) is 0 Å². The highest BCUT2D eigenvalue weighted by Gasteiger charge is 2.25. The standard InChI is InChI=1S/C13H14O3/c1-13(2)7-6-9-4-5-10(8-14)11(15-3)12(9)16-13/h4-8H,1-3H3. The highest BCUT2D eigenvalue weighted by molar-refractivity contribution is 5.83. The highest BCUT2D eigenvalue weighted by Crippen LogP contribution is 2.40. The molecule has 0 fully saturated rings. The zero-order chi connectivity index (χ0) is 11.8. The second-order valence-corrected chi connectivity index (χ2v) is 4.26. The number of aldehydes is 1. The first-order valence-corrected chi connectivity index (χ1v) is 5.12. The van der Waals surface area contributed by atoms with Gasteiger partial charge in [0.1, 0.15) is 5.60 Å². The summed E-state index contributed by atoms with van der Waals surface area (Å²) in [5.41, 5.74) is 1.07. The third kappa shape index (κ3) is 1.69. The molecule has 0 spiro atoms. The molecule has 0 saturated carbocycles. The molecular weight excluding hydrogens is 204 g/mol. The molecule has 2 rings (SSSR count). The van der Waals surface area contributed by atoms with Crippen molar-refractivity contribution in [3.63, 3.8) is 0 Å². The molecule has 0 saturated heterocycles. The van der Waals surface area contributed by atoms with E-state index >= 15 is 0 Å². The van der Waals surface area contributed by atoms with Crippen molar-refractivity contribution in [1.82, 2.24) is 0 Å². The van der Waals surface area contributed by atoms with Crippen molar-refractivity contribution >= 4 is 12.4 Å². The summed E-state index contributed by atoms with van der Waals surface area (Å²) in [6, 6.07) is 3.59. The van der Waals surface area contributed by atoms with E-state index in [-0.39, 0.29) is 5.60 Å². The van der Waals surface area contributed by atoms with Crippen LogP contribution in [0.1, 0.15) is 29.8 Å². The van der Waals surface area contributed by atoms with E-state index in [1.807, 2.05) is 32.1 Å². The minimum absolute atomic E-state index is 0.373. The molecule has 0 bridgehead atoms. The first kappa shape index (κ1) is 10.7. The van der Waals surface area contributed by atoms with E-state index in [1.54, 1.807) is 6.07 Å². The second kappa shape index (κ2) is 3.67. The Labute approximate surface area is 94.7 Å². The summed E-state index contributed by atoms with van der Waals surface area (Å²) in [5.74, 6) is 1.14. The lowest BCUT2D eigenvalue weighted by Gasteiger charge is -2.29. The van der Waals surface area contributed by atoms with Gasteiger partial charge in [-0.15, -0.1) is 0 Å². The summed E-state index contributed by atoms with van der Waals surface area (Å²) in [6.45, 7) is 3.92. The van der Waals surface area contributed by atoms with Crippen molar-refractivity contribution in [2.45, 2.75) is 19.4 Å². The first-order valence-electron chi connectivity index (χ1n) is 5.12. The number of ether oxygens (including phenoxy) is 2. The van der Waals surface area contributed by atoms with Gasteiger partial charge < -0.3 is 9.47 Å². The summed E-state index contributed by atoms with van der Waals surface area (Å²) < 4.78 is 11.1. The van der Waals surface area contributed by atoms with Gasteiger partial charge in [-0.1, -0.05) is 12.1 Å². The molecular formula is C13H14O3. The minimum Gasteiger partial charge on any atom is -0.492 e. The van der Waals surface area contributed by atoms with Crippen LogP contribution in [-0.2, 0) is 0 Å². The van der Waals surface area contributed by atoms with Gasteiger partial charge in [0, 0.05) is 5.56 Å². The zero-order valence-corrected chi connectivity index (χ0v) is 9.61. The molecule has 1 heterocycles.